The number of nitrogens with two attached hydrogens (primary N) is 1. The predicted molar refractivity (Wildman–Crippen MR) is 85.8 cm³/mol. The zero-order chi connectivity index (χ0) is 15.4. The Balaban J connectivity index is 2.26. The van der Waals surface area contributed by atoms with E-state index >= 15 is 0 Å². The Kier molecular flexibility index (Phi) is 4.85. The van der Waals surface area contributed by atoms with Crippen LogP contribution in [0.4, 0.5) is 5.69 Å². The second-order valence-electron chi connectivity index (χ2n) is 5.41. The third-order valence-electron chi connectivity index (χ3n) is 3.69. The van der Waals surface area contributed by atoms with Gasteiger partial charge in [0.25, 0.3) is 0 Å². The van der Waals surface area contributed by atoms with Gasteiger partial charge in [0.15, 0.2) is 0 Å². The number of benzene rings is 1. The standard InChI is InChI=1S/C16H24N4O/c1-12(2)20-11-13(10-18-20)16(9-17)19(3)14-6-5-7-15(8-14)21-4/h5-8,10-12,16H,9,17H2,1-4H3. The molecule has 1 heterocycles. The normalized spacial score (nSPS) is 12.5. The monoisotopic (exact) mass is 288 g/mol. The summed E-state index contributed by atoms with van der Waals surface area (Å²) in [5.41, 5.74) is 8.18. The summed E-state index contributed by atoms with van der Waals surface area (Å²) >= 11 is 0. The molecule has 1 aromatic heterocycles. The summed E-state index contributed by atoms with van der Waals surface area (Å²) in [5.74, 6) is 0.841. The van der Waals surface area contributed by atoms with E-state index in [9.17, 15) is 0 Å². The molecular weight excluding hydrogens is 264 g/mol. The van der Waals surface area contributed by atoms with Crippen LogP contribution in [0.2, 0.25) is 0 Å². The second-order valence-corrected chi connectivity index (χ2v) is 5.41. The number of ether oxygens (including phenoxy) is 1. The van der Waals surface area contributed by atoms with Gasteiger partial charge >= 0.3 is 0 Å². The van der Waals surface area contributed by atoms with Crippen molar-refractivity contribution in [3.05, 3.63) is 42.2 Å². The molecule has 1 unspecified atom stereocenters. The Morgan fingerprint density at radius 2 is 2.14 bits per heavy atom. The van der Waals surface area contributed by atoms with E-state index in [0.29, 0.717) is 12.6 Å². The first-order valence-corrected chi connectivity index (χ1v) is 7.17. The average Bonchev–Trinajstić information content (AvgIpc) is 2.98. The Morgan fingerprint density at radius 3 is 2.71 bits per heavy atom. The van der Waals surface area contributed by atoms with E-state index in [0.717, 1.165) is 17.0 Å². The number of rotatable bonds is 6. The molecule has 0 aliphatic carbocycles. The van der Waals surface area contributed by atoms with Gasteiger partial charge in [-0.1, -0.05) is 6.07 Å². The lowest BCUT2D eigenvalue weighted by Crippen LogP contribution is -2.30. The lowest BCUT2D eigenvalue weighted by atomic mass is 10.1. The number of hydrogen-bond donors (Lipinski definition) is 1. The van der Waals surface area contributed by atoms with Gasteiger partial charge in [0, 0.05) is 43.1 Å². The van der Waals surface area contributed by atoms with Gasteiger partial charge in [0.1, 0.15) is 5.75 Å². The van der Waals surface area contributed by atoms with Crippen molar-refractivity contribution in [1.82, 2.24) is 9.78 Å². The number of anilines is 1. The lowest BCUT2D eigenvalue weighted by Gasteiger charge is -2.28. The highest BCUT2D eigenvalue weighted by molar-refractivity contribution is 5.52. The van der Waals surface area contributed by atoms with Crippen LogP contribution in [0.15, 0.2) is 36.7 Å². The van der Waals surface area contributed by atoms with Gasteiger partial charge in [-0.2, -0.15) is 5.10 Å². The van der Waals surface area contributed by atoms with Crippen LogP contribution in [0.1, 0.15) is 31.5 Å². The quantitative estimate of drug-likeness (QED) is 0.887. The average molecular weight is 288 g/mol. The van der Waals surface area contributed by atoms with Gasteiger partial charge in [-0.3, -0.25) is 4.68 Å². The molecule has 0 aliphatic heterocycles. The van der Waals surface area contributed by atoms with E-state index in [1.807, 2.05) is 36.1 Å². The molecule has 0 saturated carbocycles. The minimum atomic E-state index is 0.0876. The highest BCUT2D eigenvalue weighted by atomic mass is 16.5. The van der Waals surface area contributed by atoms with Crippen LogP contribution in [0, 0.1) is 0 Å². The van der Waals surface area contributed by atoms with Crippen LogP contribution in [0.25, 0.3) is 0 Å². The second kappa shape index (κ2) is 6.63. The van der Waals surface area contributed by atoms with Crippen molar-refractivity contribution in [2.75, 3.05) is 25.6 Å². The summed E-state index contributed by atoms with van der Waals surface area (Å²) in [6, 6.07) is 8.42. The molecule has 2 N–H and O–H groups in total. The lowest BCUT2D eigenvalue weighted by molar-refractivity contribution is 0.414. The molecule has 21 heavy (non-hydrogen) atoms. The van der Waals surface area contributed by atoms with Crippen molar-refractivity contribution in [2.45, 2.75) is 25.9 Å². The van der Waals surface area contributed by atoms with Crippen LogP contribution in [0.5, 0.6) is 5.75 Å². The highest BCUT2D eigenvalue weighted by Crippen LogP contribution is 2.27. The molecule has 0 fully saturated rings. The zero-order valence-corrected chi connectivity index (χ0v) is 13.2. The van der Waals surface area contributed by atoms with E-state index in [1.54, 1.807) is 7.11 Å². The predicted octanol–water partition coefficient (Wildman–Crippen LogP) is 2.61. The maximum Gasteiger partial charge on any atom is 0.120 e. The SMILES string of the molecule is COc1cccc(N(C)C(CN)c2cnn(C(C)C)c2)c1. The first kappa shape index (κ1) is 15.4. The van der Waals surface area contributed by atoms with E-state index in [-0.39, 0.29) is 6.04 Å². The van der Waals surface area contributed by atoms with Gasteiger partial charge in [-0.25, -0.2) is 0 Å². The number of hydrogen-bond acceptors (Lipinski definition) is 4. The first-order chi connectivity index (χ1) is 10.1. The van der Waals surface area contributed by atoms with Gasteiger partial charge in [-0.05, 0) is 26.0 Å². The summed E-state index contributed by atoms with van der Waals surface area (Å²) < 4.78 is 7.24. The Hall–Kier alpha value is -2.01. The van der Waals surface area contributed by atoms with E-state index < -0.39 is 0 Å². The van der Waals surface area contributed by atoms with Crippen molar-refractivity contribution < 1.29 is 4.74 Å². The minimum absolute atomic E-state index is 0.0876. The Morgan fingerprint density at radius 1 is 1.38 bits per heavy atom. The van der Waals surface area contributed by atoms with Gasteiger partial charge in [-0.15, -0.1) is 0 Å². The van der Waals surface area contributed by atoms with Crippen LogP contribution in [-0.4, -0.2) is 30.5 Å². The molecule has 2 rings (SSSR count). The highest BCUT2D eigenvalue weighted by Gasteiger charge is 2.18. The van der Waals surface area contributed by atoms with Gasteiger partial charge in [0.05, 0.1) is 19.3 Å². The summed E-state index contributed by atoms with van der Waals surface area (Å²) in [6.07, 6.45) is 3.97. The van der Waals surface area contributed by atoms with E-state index in [2.05, 4.69) is 36.1 Å². The maximum absolute atomic E-state index is 5.99. The van der Waals surface area contributed by atoms with Crippen LogP contribution in [-0.2, 0) is 0 Å². The summed E-state index contributed by atoms with van der Waals surface area (Å²) in [6.45, 7) is 4.75. The van der Waals surface area contributed by atoms with Crippen molar-refractivity contribution in [2.24, 2.45) is 5.73 Å². The molecule has 114 valence electrons. The van der Waals surface area contributed by atoms with E-state index in [4.69, 9.17) is 10.5 Å². The Bertz CT molecular complexity index is 579. The summed E-state index contributed by atoms with van der Waals surface area (Å²) in [7, 11) is 3.71. The van der Waals surface area contributed by atoms with Crippen molar-refractivity contribution in [3.63, 3.8) is 0 Å². The maximum atomic E-state index is 5.99. The van der Waals surface area contributed by atoms with Gasteiger partial charge in [0.2, 0.25) is 0 Å². The molecular formula is C16H24N4O. The number of likely N-dealkylation sites (N-methyl/N-ethyl adjacent to an activating group) is 1. The topological polar surface area (TPSA) is 56.3 Å². The first-order valence-electron chi connectivity index (χ1n) is 7.17. The molecule has 2 aromatic rings. The molecule has 0 bridgehead atoms. The van der Waals surface area contributed by atoms with Crippen LogP contribution < -0.4 is 15.4 Å². The van der Waals surface area contributed by atoms with Crippen LogP contribution in [0.3, 0.4) is 0 Å². The zero-order valence-electron chi connectivity index (χ0n) is 13.2. The van der Waals surface area contributed by atoms with Crippen molar-refractivity contribution >= 4 is 5.69 Å². The molecule has 5 heteroatoms. The summed E-state index contributed by atoms with van der Waals surface area (Å²) in [5, 5.41) is 4.40. The third-order valence-corrected chi connectivity index (χ3v) is 3.69. The molecule has 0 saturated heterocycles. The fourth-order valence-electron chi connectivity index (χ4n) is 2.33. The minimum Gasteiger partial charge on any atom is -0.497 e. The molecule has 0 amide bonds. The van der Waals surface area contributed by atoms with E-state index in [1.165, 1.54) is 0 Å². The van der Waals surface area contributed by atoms with Gasteiger partial charge < -0.3 is 15.4 Å². The molecule has 0 spiro atoms. The van der Waals surface area contributed by atoms with Crippen molar-refractivity contribution in [1.29, 1.82) is 0 Å². The Labute approximate surface area is 126 Å². The number of methoxy groups -OCH3 is 1. The molecule has 1 aromatic carbocycles. The summed E-state index contributed by atoms with van der Waals surface area (Å²) in [4.78, 5) is 2.16. The smallest absolute Gasteiger partial charge is 0.120 e. The molecule has 1 atom stereocenters. The molecule has 5 nitrogen and oxygen atoms in total. The fourth-order valence-corrected chi connectivity index (χ4v) is 2.33. The number of aromatic nitrogens is 2. The molecule has 0 aliphatic rings. The molecule has 0 radical (unpaired) electrons. The third kappa shape index (κ3) is 3.36. The largest absolute Gasteiger partial charge is 0.497 e. The van der Waals surface area contributed by atoms with Crippen LogP contribution >= 0.6 is 0 Å². The fraction of sp³-hybridized carbons (Fsp3) is 0.438. The van der Waals surface area contributed by atoms with Crippen molar-refractivity contribution in [3.8, 4) is 5.75 Å². The number of nitrogens with zero attached hydrogens (tertiary/aromatic N) is 3.